The molecule has 1 aromatic heterocycles. The molecule has 104 valence electrons. The lowest BCUT2D eigenvalue weighted by Crippen LogP contribution is -2.35. The molecule has 1 fully saturated rings. The third-order valence-electron chi connectivity index (χ3n) is 3.78. The summed E-state index contributed by atoms with van der Waals surface area (Å²) in [4.78, 5) is 20.9. The Morgan fingerprint density at radius 1 is 1.58 bits per heavy atom. The second-order valence-corrected chi connectivity index (χ2v) is 5.10. The molecule has 0 spiro atoms. The van der Waals surface area contributed by atoms with Gasteiger partial charge in [-0.05, 0) is 19.8 Å². The smallest absolute Gasteiger partial charge is 0.311 e. The van der Waals surface area contributed by atoms with Gasteiger partial charge in [0.2, 0.25) is 0 Å². The monoisotopic (exact) mass is 267 g/mol. The summed E-state index contributed by atoms with van der Waals surface area (Å²) in [6, 6.07) is 0. The molecule has 1 unspecified atom stereocenters. The number of anilines is 1. The van der Waals surface area contributed by atoms with Crippen molar-refractivity contribution in [1.29, 1.82) is 0 Å². The molecule has 2 rings (SSSR count). The molecule has 0 bridgehead atoms. The van der Waals surface area contributed by atoms with Crippen molar-refractivity contribution in [2.45, 2.75) is 33.1 Å². The zero-order chi connectivity index (χ0) is 14.0. The van der Waals surface area contributed by atoms with Gasteiger partial charge in [-0.2, -0.15) is 0 Å². The molecule has 2 heterocycles. The first kappa shape index (κ1) is 13.7. The zero-order valence-corrected chi connectivity index (χ0v) is 11.2. The van der Waals surface area contributed by atoms with Crippen molar-refractivity contribution in [3.63, 3.8) is 0 Å². The fourth-order valence-electron chi connectivity index (χ4n) is 2.68. The summed E-state index contributed by atoms with van der Waals surface area (Å²) in [7, 11) is 0. The Morgan fingerprint density at radius 2 is 2.32 bits per heavy atom. The Morgan fingerprint density at radius 3 is 2.95 bits per heavy atom. The summed E-state index contributed by atoms with van der Waals surface area (Å²) in [6.07, 6.45) is 3.24. The van der Waals surface area contributed by atoms with Crippen molar-refractivity contribution in [2.24, 2.45) is 5.41 Å². The SMILES string of the molecule is CCCC1(C(=O)O)CCN(c2ncnc(C)c2F)C1. The number of aryl methyl sites for hydroxylation is 1. The van der Waals surface area contributed by atoms with E-state index in [0.717, 1.165) is 6.42 Å². The quantitative estimate of drug-likeness (QED) is 0.903. The second-order valence-electron chi connectivity index (χ2n) is 5.10. The molecular weight excluding hydrogens is 249 g/mol. The predicted molar refractivity (Wildman–Crippen MR) is 68.5 cm³/mol. The van der Waals surface area contributed by atoms with E-state index in [1.807, 2.05) is 6.92 Å². The first-order valence-corrected chi connectivity index (χ1v) is 6.45. The zero-order valence-electron chi connectivity index (χ0n) is 11.2. The van der Waals surface area contributed by atoms with Gasteiger partial charge in [0.1, 0.15) is 6.33 Å². The van der Waals surface area contributed by atoms with Crippen molar-refractivity contribution in [3.8, 4) is 0 Å². The van der Waals surface area contributed by atoms with Crippen LogP contribution in [0, 0.1) is 18.2 Å². The average molecular weight is 267 g/mol. The molecule has 5 nitrogen and oxygen atoms in total. The van der Waals surface area contributed by atoms with E-state index in [1.165, 1.54) is 6.33 Å². The van der Waals surface area contributed by atoms with Crippen LogP contribution in [0.25, 0.3) is 0 Å². The van der Waals surface area contributed by atoms with Gasteiger partial charge in [-0.15, -0.1) is 0 Å². The number of rotatable bonds is 4. The molecule has 0 aromatic carbocycles. The van der Waals surface area contributed by atoms with Crippen molar-refractivity contribution >= 4 is 11.8 Å². The first-order valence-electron chi connectivity index (χ1n) is 6.45. The van der Waals surface area contributed by atoms with E-state index in [4.69, 9.17) is 0 Å². The second kappa shape index (κ2) is 5.11. The summed E-state index contributed by atoms with van der Waals surface area (Å²) in [5.41, 5.74) is -0.492. The molecular formula is C13H18FN3O2. The number of aliphatic carboxylic acids is 1. The fraction of sp³-hybridized carbons (Fsp3) is 0.615. The minimum Gasteiger partial charge on any atom is -0.481 e. The molecule has 0 amide bonds. The highest BCUT2D eigenvalue weighted by atomic mass is 19.1. The van der Waals surface area contributed by atoms with Gasteiger partial charge < -0.3 is 10.0 Å². The highest BCUT2D eigenvalue weighted by Crippen LogP contribution is 2.37. The van der Waals surface area contributed by atoms with Gasteiger partial charge >= 0.3 is 5.97 Å². The molecule has 1 aliphatic heterocycles. The Labute approximate surface area is 111 Å². The van der Waals surface area contributed by atoms with E-state index in [0.29, 0.717) is 25.9 Å². The molecule has 0 radical (unpaired) electrons. The fourth-order valence-corrected chi connectivity index (χ4v) is 2.68. The summed E-state index contributed by atoms with van der Waals surface area (Å²) in [6.45, 7) is 4.36. The minimum absolute atomic E-state index is 0.215. The summed E-state index contributed by atoms with van der Waals surface area (Å²) < 4.78 is 14.0. The normalized spacial score (nSPS) is 22.8. The van der Waals surface area contributed by atoms with E-state index in [-0.39, 0.29) is 11.5 Å². The number of carboxylic acid groups (broad SMARTS) is 1. The van der Waals surface area contributed by atoms with E-state index in [1.54, 1.807) is 11.8 Å². The van der Waals surface area contributed by atoms with E-state index in [9.17, 15) is 14.3 Å². The standard InChI is InChI=1S/C13H18FN3O2/c1-3-4-13(12(18)19)5-6-17(7-13)11-10(14)9(2)15-8-16-11/h8H,3-7H2,1-2H3,(H,18,19). The molecule has 1 aliphatic rings. The average Bonchev–Trinajstić information content (AvgIpc) is 2.79. The van der Waals surface area contributed by atoms with Crippen LogP contribution in [0.3, 0.4) is 0 Å². The molecule has 6 heteroatoms. The maximum atomic E-state index is 14.0. The van der Waals surface area contributed by atoms with Gasteiger partial charge in [0.25, 0.3) is 0 Å². The lowest BCUT2D eigenvalue weighted by atomic mass is 9.83. The number of hydrogen-bond donors (Lipinski definition) is 1. The van der Waals surface area contributed by atoms with Crippen LogP contribution in [-0.2, 0) is 4.79 Å². The van der Waals surface area contributed by atoms with Crippen LogP contribution in [0.1, 0.15) is 31.9 Å². The van der Waals surface area contributed by atoms with Crippen LogP contribution in [0.15, 0.2) is 6.33 Å². The van der Waals surface area contributed by atoms with Crippen LogP contribution in [0.2, 0.25) is 0 Å². The molecule has 0 aliphatic carbocycles. The van der Waals surface area contributed by atoms with Gasteiger partial charge in [0.15, 0.2) is 11.6 Å². The number of carboxylic acids is 1. The third-order valence-corrected chi connectivity index (χ3v) is 3.78. The molecule has 1 aromatic rings. The Hall–Kier alpha value is -1.72. The maximum Gasteiger partial charge on any atom is 0.311 e. The van der Waals surface area contributed by atoms with Gasteiger partial charge in [0, 0.05) is 13.1 Å². The van der Waals surface area contributed by atoms with E-state index < -0.39 is 17.2 Å². The van der Waals surface area contributed by atoms with Crippen molar-refractivity contribution in [1.82, 2.24) is 9.97 Å². The van der Waals surface area contributed by atoms with Crippen LogP contribution in [0.4, 0.5) is 10.2 Å². The predicted octanol–water partition coefficient (Wildman–Crippen LogP) is 2.01. The topological polar surface area (TPSA) is 66.3 Å². The number of aromatic nitrogens is 2. The number of halogens is 1. The first-order chi connectivity index (χ1) is 9.00. The van der Waals surface area contributed by atoms with E-state index in [2.05, 4.69) is 9.97 Å². The number of nitrogens with zero attached hydrogens (tertiary/aromatic N) is 3. The van der Waals surface area contributed by atoms with Gasteiger partial charge in [-0.3, -0.25) is 4.79 Å². The third kappa shape index (κ3) is 2.39. The number of carbonyl (C=O) groups is 1. The van der Waals surface area contributed by atoms with Gasteiger partial charge in [-0.1, -0.05) is 13.3 Å². The van der Waals surface area contributed by atoms with Crippen molar-refractivity contribution in [2.75, 3.05) is 18.0 Å². The minimum atomic E-state index is -0.803. The Kier molecular flexibility index (Phi) is 3.68. The van der Waals surface area contributed by atoms with Crippen LogP contribution in [-0.4, -0.2) is 34.1 Å². The van der Waals surface area contributed by atoms with Gasteiger partial charge in [-0.25, -0.2) is 14.4 Å². The lowest BCUT2D eigenvalue weighted by Gasteiger charge is -2.24. The van der Waals surface area contributed by atoms with E-state index >= 15 is 0 Å². The maximum absolute atomic E-state index is 14.0. The van der Waals surface area contributed by atoms with Crippen molar-refractivity contribution < 1.29 is 14.3 Å². The van der Waals surface area contributed by atoms with Crippen LogP contribution < -0.4 is 4.90 Å². The summed E-state index contributed by atoms with van der Waals surface area (Å²) >= 11 is 0. The summed E-state index contributed by atoms with van der Waals surface area (Å²) in [5, 5.41) is 9.43. The van der Waals surface area contributed by atoms with Crippen LogP contribution >= 0.6 is 0 Å². The van der Waals surface area contributed by atoms with Crippen molar-refractivity contribution in [3.05, 3.63) is 17.8 Å². The molecule has 1 atom stereocenters. The highest BCUT2D eigenvalue weighted by Gasteiger charge is 2.44. The summed E-state index contributed by atoms with van der Waals surface area (Å²) in [5.74, 6) is -1.05. The number of hydrogen-bond acceptors (Lipinski definition) is 4. The molecule has 0 saturated carbocycles. The Bertz CT molecular complexity index is 495. The lowest BCUT2D eigenvalue weighted by molar-refractivity contribution is -0.148. The van der Waals surface area contributed by atoms with Gasteiger partial charge in [0.05, 0.1) is 11.1 Å². The van der Waals surface area contributed by atoms with Crippen LogP contribution in [0.5, 0.6) is 0 Å². The molecule has 19 heavy (non-hydrogen) atoms. The molecule has 1 saturated heterocycles. The molecule has 1 N–H and O–H groups in total. The largest absolute Gasteiger partial charge is 0.481 e. The Balaban J connectivity index is 2.26. The highest BCUT2D eigenvalue weighted by molar-refractivity contribution is 5.76.